The Labute approximate surface area is 124 Å². The third kappa shape index (κ3) is 2.92. The summed E-state index contributed by atoms with van der Waals surface area (Å²) in [5, 5.41) is 11.1. The van der Waals surface area contributed by atoms with E-state index in [0.29, 0.717) is 12.0 Å². The number of rotatable bonds is 0. The Balaban J connectivity index is 1.79. The maximum absolute atomic E-state index is 11.1. The molecule has 2 saturated carbocycles. The van der Waals surface area contributed by atoms with E-state index in [-0.39, 0.29) is 5.60 Å². The molecule has 1 aliphatic heterocycles. The summed E-state index contributed by atoms with van der Waals surface area (Å²) in [6, 6.07) is 0. The van der Waals surface area contributed by atoms with Gasteiger partial charge in [-0.2, -0.15) is 0 Å². The van der Waals surface area contributed by atoms with Gasteiger partial charge in [0.2, 0.25) is 0 Å². The van der Waals surface area contributed by atoms with Crippen molar-refractivity contribution in [3.63, 3.8) is 0 Å². The van der Waals surface area contributed by atoms with Crippen molar-refractivity contribution >= 4 is 0 Å². The van der Waals surface area contributed by atoms with E-state index < -0.39 is 5.60 Å². The van der Waals surface area contributed by atoms with Crippen LogP contribution < -0.4 is 0 Å². The fourth-order valence-corrected chi connectivity index (χ4v) is 5.16. The Morgan fingerprint density at radius 1 is 1.00 bits per heavy atom. The van der Waals surface area contributed by atoms with Crippen LogP contribution in [0.15, 0.2) is 0 Å². The van der Waals surface area contributed by atoms with Gasteiger partial charge in [0.25, 0.3) is 0 Å². The van der Waals surface area contributed by atoms with Crippen LogP contribution in [0.1, 0.15) is 84.5 Å². The molecule has 2 heteroatoms. The average Bonchev–Trinajstić information content (AvgIpc) is 2.33. The molecule has 0 amide bonds. The number of hydrogen-bond acceptors (Lipinski definition) is 2. The molecule has 1 saturated heterocycles. The van der Waals surface area contributed by atoms with Gasteiger partial charge in [0.1, 0.15) is 0 Å². The molecule has 3 rings (SSSR count). The summed E-state index contributed by atoms with van der Waals surface area (Å²) in [6.07, 6.45) is 13.7. The van der Waals surface area contributed by atoms with Gasteiger partial charge in [-0.25, -0.2) is 0 Å². The van der Waals surface area contributed by atoms with E-state index in [1.807, 2.05) is 0 Å². The van der Waals surface area contributed by atoms with Gasteiger partial charge in [-0.3, -0.25) is 0 Å². The van der Waals surface area contributed by atoms with Crippen LogP contribution >= 0.6 is 0 Å². The zero-order chi connectivity index (χ0) is 14.2. The van der Waals surface area contributed by atoms with Crippen LogP contribution in [0.3, 0.4) is 0 Å². The van der Waals surface area contributed by atoms with Crippen molar-refractivity contribution in [2.75, 3.05) is 0 Å². The van der Waals surface area contributed by atoms with Crippen molar-refractivity contribution in [2.45, 2.75) is 102 Å². The Morgan fingerprint density at radius 3 is 2.35 bits per heavy atom. The maximum Gasteiger partial charge on any atom is 0.0713 e. The second-order valence-corrected chi connectivity index (χ2v) is 8.17. The van der Waals surface area contributed by atoms with Crippen LogP contribution in [0.4, 0.5) is 0 Å². The first-order valence-corrected chi connectivity index (χ1v) is 8.91. The van der Waals surface area contributed by atoms with Crippen molar-refractivity contribution < 1.29 is 9.84 Å². The fourth-order valence-electron chi connectivity index (χ4n) is 5.16. The van der Waals surface area contributed by atoms with Gasteiger partial charge in [0.15, 0.2) is 0 Å². The Kier molecular flexibility index (Phi) is 4.16. The highest BCUT2D eigenvalue weighted by Crippen LogP contribution is 2.50. The lowest BCUT2D eigenvalue weighted by molar-refractivity contribution is -0.245. The van der Waals surface area contributed by atoms with Gasteiger partial charge in [-0.15, -0.1) is 0 Å². The Hall–Kier alpha value is -0.0800. The molecule has 1 spiro atoms. The largest absolute Gasteiger partial charge is 0.390 e. The predicted molar refractivity (Wildman–Crippen MR) is 81.7 cm³/mol. The number of aliphatic hydroxyl groups is 1. The highest BCUT2D eigenvalue weighted by Gasteiger charge is 2.52. The van der Waals surface area contributed by atoms with Crippen LogP contribution in [0, 0.1) is 11.8 Å². The van der Waals surface area contributed by atoms with Crippen molar-refractivity contribution in [3.05, 3.63) is 0 Å². The average molecular weight is 280 g/mol. The summed E-state index contributed by atoms with van der Waals surface area (Å²) in [5.41, 5.74) is -0.523. The molecule has 0 bridgehead atoms. The van der Waals surface area contributed by atoms with Gasteiger partial charge in [-0.05, 0) is 38.5 Å². The topological polar surface area (TPSA) is 29.5 Å². The second kappa shape index (κ2) is 5.61. The summed E-state index contributed by atoms with van der Waals surface area (Å²) >= 11 is 0. The lowest BCUT2D eigenvalue weighted by Crippen LogP contribution is -2.59. The standard InChI is InChI=1S/C18H32O2/c1-14-8-9-15-16(12-14)20-18(13-17(15,2)19)10-6-4-3-5-7-11-18/h14-16,19H,3-13H2,1-2H3/t14-,15-,16+,17-/m1/s1. The zero-order valence-electron chi connectivity index (χ0n) is 13.4. The molecule has 0 unspecified atom stereocenters. The van der Waals surface area contributed by atoms with E-state index in [1.165, 1.54) is 51.4 Å². The van der Waals surface area contributed by atoms with Crippen LogP contribution in [0.5, 0.6) is 0 Å². The van der Waals surface area contributed by atoms with Crippen LogP contribution in [-0.2, 0) is 4.74 Å². The summed E-state index contributed by atoms with van der Waals surface area (Å²) in [6.45, 7) is 4.43. The van der Waals surface area contributed by atoms with Gasteiger partial charge in [0.05, 0.1) is 17.3 Å². The Bertz CT molecular complexity index is 328. The predicted octanol–water partition coefficient (Wildman–Crippen LogP) is 4.45. The number of hydrogen-bond donors (Lipinski definition) is 1. The zero-order valence-corrected chi connectivity index (χ0v) is 13.4. The van der Waals surface area contributed by atoms with Crippen molar-refractivity contribution in [1.82, 2.24) is 0 Å². The number of fused-ring (bicyclic) bond motifs is 1. The van der Waals surface area contributed by atoms with Gasteiger partial charge < -0.3 is 9.84 Å². The van der Waals surface area contributed by atoms with E-state index in [9.17, 15) is 5.11 Å². The number of ether oxygens (including phenoxy) is 1. The minimum absolute atomic E-state index is 0.0118. The summed E-state index contributed by atoms with van der Waals surface area (Å²) in [4.78, 5) is 0. The molecule has 116 valence electrons. The van der Waals surface area contributed by atoms with Gasteiger partial charge in [0, 0.05) is 12.3 Å². The van der Waals surface area contributed by atoms with E-state index in [0.717, 1.165) is 25.2 Å². The molecule has 2 aliphatic carbocycles. The first-order valence-electron chi connectivity index (χ1n) is 8.91. The van der Waals surface area contributed by atoms with Gasteiger partial charge >= 0.3 is 0 Å². The van der Waals surface area contributed by atoms with Crippen molar-refractivity contribution in [1.29, 1.82) is 0 Å². The first-order chi connectivity index (χ1) is 9.51. The molecule has 0 aromatic rings. The van der Waals surface area contributed by atoms with Crippen molar-refractivity contribution in [3.8, 4) is 0 Å². The first kappa shape index (κ1) is 14.8. The van der Waals surface area contributed by atoms with Crippen LogP contribution in [0.25, 0.3) is 0 Å². The van der Waals surface area contributed by atoms with Crippen molar-refractivity contribution in [2.24, 2.45) is 11.8 Å². The molecule has 2 nitrogen and oxygen atoms in total. The molecule has 3 aliphatic rings. The molecule has 20 heavy (non-hydrogen) atoms. The normalized spacial score (nSPS) is 45.5. The molecule has 1 heterocycles. The third-order valence-electron chi connectivity index (χ3n) is 6.20. The van der Waals surface area contributed by atoms with E-state index in [4.69, 9.17) is 4.74 Å². The molecule has 3 fully saturated rings. The van der Waals surface area contributed by atoms with E-state index in [1.54, 1.807) is 0 Å². The smallest absolute Gasteiger partial charge is 0.0713 e. The highest BCUT2D eigenvalue weighted by molar-refractivity contribution is 5.03. The third-order valence-corrected chi connectivity index (χ3v) is 6.20. The molecular weight excluding hydrogens is 248 g/mol. The molecule has 0 aromatic heterocycles. The summed E-state index contributed by atoms with van der Waals surface area (Å²) < 4.78 is 6.70. The summed E-state index contributed by atoms with van der Waals surface area (Å²) in [7, 11) is 0. The lowest BCUT2D eigenvalue weighted by atomic mass is 9.65. The minimum atomic E-state index is -0.512. The van der Waals surface area contributed by atoms with Crippen LogP contribution in [-0.4, -0.2) is 22.4 Å². The molecular formula is C18H32O2. The molecule has 4 atom stereocenters. The highest BCUT2D eigenvalue weighted by atomic mass is 16.5. The summed E-state index contributed by atoms with van der Waals surface area (Å²) in [5.74, 6) is 1.13. The van der Waals surface area contributed by atoms with Gasteiger partial charge in [-0.1, -0.05) is 45.4 Å². The van der Waals surface area contributed by atoms with E-state index in [2.05, 4.69) is 13.8 Å². The second-order valence-electron chi connectivity index (χ2n) is 8.17. The maximum atomic E-state index is 11.1. The molecule has 1 N–H and O–H groups in total. The lowest BCUT2D eigenvalue weighted by Gasteiger charge is -2.55. The molecule has 0 radical (unpaired) electrons. The Morgan fingerprint density at radius 2 is 1.65 bits per heavy atom. The monoisotopic (exact) mass is 280 g/mol. The SMILES string of the molecule is C[C@@H]1CC[C@@H]2[C@H](C1)OC1(CCCCCCC1)C[C@@]2(C)O. The molecule has 0 aromatic carbocycles. The quantitative estimate of drug-likeness (QED) is 0.710. The van der Waals surface area contributed by atoms with E-state index >= 15 is 0 Å². The van der Waals surface area contributed by atoms with Crippen LogP contribution in [0.2, 0.25) is 0 Å². The minimum Gasteiger partial charge on any atom is -0.390 e. The fraction of sp³-hybridized carbons (Fsp3) is 1.00.